The van der Waals surface area contributed by atoms with Gasteiger partial charge in [-0.05, 0) is 42.4 Å². The van der Waals surface area contributed by atoms with E-state index in [4.69, 9.17) is 4.98 Å². The minimum atomic E-state index is 0.140. The van der Waals surface area contributed by atoms with Gasteiger partial charge in [-0.2, -0.15) is 0 Å². The summed E-state index contributed by atoms with van der Waals surface area (Å²) < 4.78 is 0. The van der Waals surface area contributed by atoms with Crippen molar-refractivity contribution in [2.24, 2.45) is 5.41 Å². The molecule has 0 amide bonds. The Balaban J connectivity index is 1.27. The van der Waals surface area contributed by atoms with Crippen molar-refractivity contribution in [3.8, 4) is 0 Å². The van der Waals surface area contributed by atoms with Crippen LogP contribution in [0.5, 0.6) is 0 Å². The van der Waals surface area contributed by atoms with Gasteiger partial charge in [0.15, 0.2) is 5.78 Å². The predicted molar refractivity (Wildman–Crippen MR) is 125 cm³/mol. The van der Waals surface area contributed by atoms with Crippen LogP contribution in [0.1, 0.15) is 56.2 Å². The summed E-state index contributed by atoms with van der Waals surface area (Å²) in [5, 5.41) is 6.67. The SMILES string of the molecule is O=C1CCC2(CCCCC2)C2=C1Cc1cnc(Nc3ccc(N4CCNCC4)cn3)nc12. The molecule has 0 radical (unpaired) electrons. The Labute approximate surface area is 188 Å². The number of anilines is 3. The monoisotopic (exact) mass is 430 g/mol. The molecule has 2 N–H and O–H groups in total. The van der Waals surface area contributed by atoms with Crippen LogP contribution in [0, 0.1) is 5.41 Å². The fourth-order valence-electron chi connectivity index (χ4n) is 6.09. The highest BCUT2D eigenvalue weighted by Gasteiger charge is 2.46. The standard InChI is InChI=1S/C25H30N6O/c32-20-6-9-25(7-2-1-3-8-25)22-19(20)14-17-15-28-24(30-23(17)22)29-21-5-4-18(16-27-21)31-12-10-26-11-13-31/h4-5,15-16,26H,1-3,6-14H2,(H,27,28,29,30). The number of hydrogen-bond donors (Lipinski definition) is 2. The molecule has 1 saturated carbocycles. The van der Waals surface area contributed by atoms with E-state index in [9.17, 15) is 4.79 Å². The molecular weight excluding hydrogens is 400 g/mol. The number of Topliss-reactive ketones (excluding diaryl/α,β-unsaturated/α-hetero) is 1. The summed E-state index contributed by atoms with van der Waals surface area (Å²) in [6, 6.07) is 4.09. The smallest absolute Gasteiger partial charge is 0.228 e. The number of carbonyl (C=O) groups excluding carboxylic acids is 1. The Bertz CT molecular complexity index is 1060. The summed E-state index contributed by atoms with van der Waals surface area (Å²) in [4.78, 5) is 29.2. The summed E-state index contributed by atoms with van der Waals surface area (Å²) in [7, 11) is 0. The van der Waals surface area contributed by atoms with Crippen LogP contribution in [0.3, 0.4) is 0 Å². The van der Waals surface area contributed by atoms with Crippen molar-refractivity contribution in [3.05, 3.63) is 41.4 Å². The largest absolute Gasteiger partial charge is 0.368 e. The lowest BCUT2D eigenvalue weighted by Crippen LogP contribution is -2.43. The summed E-state index contributed by atoms with van der Waals surface area (Å²) in [6.07, 6.45) is 12.3. The fraction of sp³-hybridized carbons (Fsp3) is 0.520. The first kappa shape index (κ1) is 19.9. The molecule has 0 bridgehead atoms. The average molecular weight is 431 g/mol. The molecule has 166 valence electrons. The van der Waals surface area contributed by atoms with Crippen LogP contribution in [-0.4, -0.2) is 46.9 Å². The molecule has 0 atom stereocenters. The second-order valence-corrected chi connectivity index (χ2v) is 9.63. The Morgan fingerprint density at radius 3 is 2.62 bits per heavy atom. The third kappa shape index (κ3) is 3.39. The summed E-state index contributed by atoms with van der Waals surface area (Å²) in [6.45, 7) is 4.01. The van der Waals surface area contributed by atoms with Gasteiger partial charge in [-0.25, -0.2) is 15.0 Å². The highest BCUT2D eigenvalue weighted by atomic mass is 16.1. The highest BCUT2D eigenvalue weighted by Crippen LogP contribution is 2.56. The average Bonchev–Trinajstić information content (AvgIpc) is 3.24. The molecule has 1 spiro atoms. The summed E-state index contributed by atoms with van der Waals surface area (Å²) >= 11 is 0. The lowest BCUT2D eigenvalue weighted by molar-refractivity contribution is -0.116. The number of fused-ring (bicyclic) bond motifs is 3. The number of nitrogens with zero attached hydrogens (tertiary/aromatic N) is 4. The second kappa shape index (κ2) is 7.96. The highest BCUT2D eigenvalue weighted by molar-refractivity contribution is 6.07. The van der Waals surface area contributed by atoms with Crippen LogP contribution < -0.4 is 15.5 Å². The first-order valence-corrected chi connectivity index (χ1v) is 12.0. The van der Waals surface area contributed by atoms with Gasteiger partial charge in [-0.15, -0.1) is 0 Å². The van der Waals surface area contributed by atoms with Gasteiger partial charge in [0.25, 0.3) is 0 Å². The van der Waals surface area contributed by atoms with Gasteiger partial charge in [0.1, 0.15) is 5.82 Å². The molecule has 7 heteroatoms. The van der Waals surface area contributed by atoms with Gasteiger partial charge in [0, 0.05) is 56.4 Å². The van der Waals surface area contributed by atoms with Crippen molar-refractivity contribution in [2.45, 2.75) is 51.4 Å². The number of piperazine rings is 1. The van der Waals surface area contributed by atoms with Crippen LogP contribution in [0.15, 0.2) is 30.1 Å². The van der Waals surface area contributed by atoms with Crippen molar-refractivity contribution in [1.82, 2.24) is 20.3 Å². The maximum atomic E-state index is 12.8. The Hall–Kier alpha value is -2.80. The lowest BCUT2D eigenvalue weighted by Gasteiger charge is -2.41. The number of hydrogen-bond acceptors (Lipinski definition) is 7. The van der Waals surface area contributed by atoms with Crippen molar-refractivity contribution in [3.63, 3.8) is 0 Å². The molecule has 3 aliphatic carbocycles. The number of carbonyl (C=O) groups is 1. The molecule has 0 unspecified atom stereocenters. The van der Waals surface area contributed by atoms with Crippen LogP contribution >= 0.6 is 0 Å². The number of pyridine rings is 1. The van der Waals surface area contributed by atoms with E-state index < -0.39 is 0 Å². The van der Waals surface area contributed by atoms with E-state index in [1.54, 1.807) is 0 Å². The van der Waals surface area contributed by atoms with E-state index in [1.807, 2.05) is 18.5 Å². The van der Waals surface area contributed by atoms with Gasteiger partial charge in [0.2, 0.25) is 5.95 Å². The van der Waals surface area contributed by atoms with E-state index >= 15 is 0 Å². The number of ketones is 1. The molecule has 0 aromatic carbocycles. The van der Waals surface area contributed by atoms with Crippen LogP contribution in [0.25, 0.3) is 5.57 Å². The van der Waals surface area contributed by atoms with Crippen molar-refractivity contribution < 1.29 is 4.79 Å². The van der Waals surface area contributed by atoms with Gasteiger partial charge in [0.05, 0.1) is 17.6 Å². The zero-order valence-electron chi connectivity index (χ0n) is 18.5. The molecule has 2 aromatic heterocycles. The molecule has 2 fully saturated rings. The molecule has 4 aliphatic rings. The van der Waals surface area contributed by atoms with Gasteiger partial charge in [-0.1, -0.05) is 19.3 Å². The third-order valence-corrected chi connectivity index (χ3v) is 7.75. The van der Waals surface area contributed by atoms with E-state index in [0.717, 1.165) is 60.9 Å². The fourth-order valence-corrected chi connectivity index (χ4v) is 6.09. The molecule has 1 saturated heterocycles. The predicted octanol–water partition coefficient (Wildman–Crippen LogP) is 3.65. The molecule has 6 rings (SSSR count). The van der Waals surface area contributed by atoms with E-state index in [-0.39, 0.29) is 5.41 Å². The maximum Gasteiger partial charge on any atom is 0.228 e. The topological polar surface area (TPSA) is 83.0 Å². The van der Waals surface area contributed by atoms with E-state index in [0.29, 0.717) is 24.6 Å². The van der Waals surface area contributed by atoms with Crippen molar-refractivity contribution >= 4 is 28.8 Å². The normalized spacial score (nSPS) is 22.1. The number of rotatable bonds is 3. The maximum absolute atomic E-state index is 12.8. The van der Waals surface area contributed by atoms with Crippen molar-refractivity contribution in [1.29, 1.82) is 0 Å². The summed E-state index contributed by atoms with van der Waals surface area (Å²) in [5.41, 5.74) is 5.64. The molecule has 7 nitrogen and oxygen atoms in total. The van der Waals surface area contributed by atoms with Crippen LogP contribution in [0.4, 0.5) is 17.5 Å². The zero-order valence-corrected chi connectivity index (χ0v) is 18.5. The van der Waals surface area contributed by atoms with E-state index in [2.05, 4.69) is 31.6 Å². The van der Waals surface area contributed by atoms with Gasteiger partial charge in [-0.3, -0.25) is 4.79 Å². The van der Waals surface area contributed by atoms with Gasteiger partial charge >= 0.3 is 0 Å². The lowest BCUT2D eigenvalue weighted by atomic mass is 9.62. The summed E-state index contributed by atoms with van der Waals surface area (Å²) in [5.74, 6) is 1.61. The molecule has 2 aromatic rings. The minimum Gasteiger partial charge on any atom is -0.368 e. The quantitative estimate of drug-likeness (QED) is 0.769. The Morgan fingerprint density at radius 1 is 1.00 bits per heavy atom. The third-order valence-electron chi connectivity index (χ3n) is 7.75. The Kier molecular flexibility index (Phi) is 4.94. The molecule has 3 heterocycles. The first-order valence-electron chi connectivity index (χ1n) is 12.0. The number of aromatic nitrogens is 3. The molecule has 32 heavy (non-hydrogen) atoms. The van der Waals surface area contributed by atoms with Gasteiger partial charge < -0.3 is 15.5 Å². The van der Waals surface area contributed by atoms with Crippen molar-refractivity contribution in [2.75, 3.05) is 36.4 Å². The van der Waals surface area contributed by atoms with E-state index in [1.165, 1.54) is 37.7 Å². The first-order chi connectivity index (χ1) is 15.7. The van der Waals surface area contributed by atoms with Crippen LogP contribution in [-0.2, 0) is 11.2 Å². The number of nitrogens with one attached hydrogen (secondary N) is 2. The zero-order chi connectivity index (χ0) is 21.5. The molecule has 1 aliphatic heterocycles. The Morgan fingerprint density at radius 2 is 1.84 bits per heavy atom. The second-order valence-electron chi connectivity index (χ2n) is 9.63. The number of allylic oxidation sites excluding steroid dienone is 2. The minimum absolute atomic E-state index is 0.140. The van der Waals surface area contributed by atoms with Crippen LogP contribution in [0.2, 0.25) is 0 Å². The molecular formula is C25H30N6O.